The van der Waals surface area contributed by atoms with Crippen LogP contribution in [0.1, 0.15) is 38.5 Å². The highest BCUT2D eigenvalue weighted by atomic mass is 32.2. The van der Waals surface area contributed by atoms with Gasteiger partial charge in [-0.15, -0.1) is 0 Å². The Balaban J connectivity index is 1.69. The summed E-state index contributed by atoms with van der Waals surface area (Å²) in [5.41, 5.74) is 0. The first kappa shape index (κ1) is 20.3. The maximum atomic E-state index is 13.0. The summed E-state index contributed by atoms with van der Waals surface area (Å²) < 4.78 is 27.5. The van der Waals surface area contributed by atoms with Gasteiger partial charge in [-0.3, -0.25) is 4.79 Å². The molecule has 0 amide bonds. The molecule has 150 valence electrons. The number of nitrogens with zero attached hydrogens (tertiary/aromatic N) is 2. The van der Waals surface area contributed by atoms with Gasteiger partial charge in [0.1, 0.15) is 0 Å². The standard InChI is InChI=1S/C20H30N2O4S/c23-20(24)15-17-10-14-22(27(25,26)19-7-3-1-4-8-19)16-18(17)9-13-21-11-5-2-6-12-21/h1,3-4,7-8,17-18H,2,5-6,9-16H2,(H,23,24). The fraction of sp³-hybridized carbons (Fsp3) is 0.650. The number of aliphatic carboxylic acids is 1. The number of sulfonamides is 1. The number of carboxylic acids is 1. The van der Waals surface area contributed by atoms with Crippen LogP contribution in [0.15, 0.2) is 35.2 Å². The van der Waals surface area contributed by atoms with Gasteiger partial charge < -0.3 is 10.0 Å². The first-order chi connectivity index (χ1) is 13.0. The lowest BCUT2D eigenvalue weighted by atomic mass is 9.82. The summed E-state index contributed by atoms with van der Waals surface area (Å²) in [5.74, 6) is -0.646. The second-order valence-corrected chi connectivity index (χ2v) is 9.71. The molecule has 2 unspecified atom stereocenters. The second-order valence-electron chi connectivity index (χ2n) is 7.77. The summed E-state index contributed by atoms with van der Waals surface area (Å²) in [6.45, 7) is 3.95. The van der Waals surface area contributed by atoms with Gasteiger partial charge in [-0.1, -0.05) is 24.6 Å². The maximum absolute atomic E-state index is 13.0. The van der Waals surface area contributed by atoms with Gasteiger partial charge in [0.15, 0.2) is 0 Å². The Bertz CT molecular complexity index is 717. The van der Waals surface area contributed by atoms with Gasteiger partial charge in [0.05, 0.1) is 4.90 Å². The minimum atomic E-state index is -3.52. The fourth-order valence-electron chi connectivity index (χ4n) is 4.36. The van der Waals surface area contributed by atoms with E-state index in [1.165, 1.54) is 19.3 Å². The Labute approximate surface area is 162 Å². The van der Waals surface area contributed by atoms with Gasteiger partial charge in [-0.2, -0.15) is 4.31 Å². The van der Waals surface area contributed by atoms with E-state index in [1.54, 1.807) is 34.6 Å². The van der Waals surface area contributed by atoms with Crippen LogP contribution in [0.3, 0.4) is 0 Å². The van der Waals surface area contributed by atoms with E-state index in [4.69, 9.17) is 0 Å². The third kappa shape index (κ3) is 5.30. The predicted molar refractivity (Wildman–Crippen MR) is 104 cm³/mol. The Morgan fingerprint density at radius 2 is 1.74 bits per heavy atom. The van der Waals surface area contributed by atoms with Crippen LogP contribution in [-0.4, -0.2) is 61.4 Å². The quantitative estimate of drug-likeness (QED) is 0.769. The zero-order valence-electron chi connectivity index (χ0n) is 15.8. The molecule has 0 bridgehead atoms. The van der Waals surface area contributed by atoms with E-state index < -0.39 is 16.0 Å². The largest absolute Gasteiger partial charge is 0.481 e. The molecule has 2 aliphatic heterocycles. The van der Waals surface area contributed by atoms with Crippen molar-refractivity contribution in [2.24, 2.45) is 11.8 Å². The van der Waals surface area contributed by atoms with Crippen molar-refractivity contribution in [2.75, 3.05) is 32.7 Å². The number of hydrogen-bond acceptors (Lipinski definition) is 4. The molecule has 0 saturated carbocycles. The van der Waals surface area contributed by atoms with Gasteiger partial charge in [0, 0.05) is 19.5 Å². The Morgan fingerprint density at radius 3 is 2.41 bits per heavy atom. The lowest BCUT2D eigenvalue weighted by molar-refractivity contribution is -0.139. The van der Waals surface area contributed by atoms with E-state index in [2.05, 4.69) is 4.90 Å². The molecule has 0 radical (unpaired) electrons. The average Bonchev–Trinajstić information content (AvgIpc) is 2.68. The Morgan fingerprint density at radius 1 is 1.04 bits per heavy atom. The molecule has 1 aromatic rings. The van der Waals surface area contributed by atoms with Crippen LogP contribution in [0, 0.1) is 11.8 Å². The Kier molecular flexibility index (Phi) is 6.89. The molecule has 2 saturated heterocycles. The van der Waals surface area contributed by atoms with Crippen LogP contribution in [0.4, 0.5) is 0 Å². The maximum Gasteiger partial charge on any atom is 0.303 e. The number of rotatable bonds is 7. The van der Waals surface area contributed by atoms with E-state index in [1.807, 2.05) is 0 Å². The molecule has 1 N–H and O–H groups in total. The molecule has 0 aromatic heterocycles. The molecule has 6 nitrogen and oxygen atoms in total. The number of benzene rings is 1. The predicted octanol–water partition coefficient (Wildman–Crippen LogP) is 2.66. The minimum Gasteiger partial charge on any atom is -0.481 e. The highest BCUT2D eigenvalue weighted by Crippen LogP contribution is 2.32. The third-order valence-electron chi connectivity index (χ3n) is 5.94. The molecule has 7 heteroatoms. The van der Waals surface area contributed by atoms with Crippen molar-refractivity contribution in [3.63, 3.8) is 0 Å². The summed E-state index contributed by atoms with van der Waals surface area (Å²) in [6, 6.07) is 8.53. The van der Waals surface area contributed by atoms with Crippen molar-refractivity contribution < 1.29 is 18.3 Å². The lowest BCUT2D eigenvalue weighted by Gasteiger charge is -2.38. The third-order valence-corrected chi connectivity index (χ3v) is 7.82. The lowest BCUT2D eigenvalue weighted by Crippen LogP contribution is -2.45. The van der Waals surface area contributed by atoms with Crippen molar-refractivity contribution in [3.8, 4) is 0 Å². The molecule has 0 spiro atoms. The van der Waals surface area contributed by atoms with Gasteiger partial charge >= 0.3 is 5.97 Å². The van der Waals surface area contributed by atoms with Crippen molar-refractivity contribution >= 4 is 16.0 Å². The number of piperidine rings is 2. The van der Waals surface area contributed by atoms with Gasteiger partial charge in [-0.25, -0.2) is 8.42 Å². The molecule has 2 heterocycles. The van der Waals surface area contributed by atoms with Crippen molar-refractivity contribution in [1.29, 1.82) is 0 Å². The first-order valence-corrected chi connectivity index (χ1v) is 11.4. The highest BCUT2D eigenvalue weighted by molar-refractivity contribution is 7.89. The van der Waals surface area contributed by atoms with Crippen molar-refractivity contribution in [1.82, 2.24) is 9.21 Å². The van der Waals surface area contributed by atoms with Crippen LogP contribution in [-0.2, 0) is 14.8 Å². The first-order valence-electron chi connectivity index (χ1n) is 9.96. The van der Waals surface area contributed by atoms with Gasteiger partial charge in [0.25, 0.3) is 0 Å². The van der Waals surface area contributed by atoms with E-state index in [0.29, 0.717) is 24.4 Å². The van der Waals surface area contributed by atoms with Crippen LogP contribution < -0.4 is 0 Å². The number of hydrogen-bond donors (Lipinski definition) is 1. The molecule has 27 heavy (non-hydrogen) atoms. The summed E-state index contributed by atoms with van der Waals surface area (Å²) in [6.07, 6.45) is 5.33. The fourth-order valence-corrected chi connectivity index (χ4v) is 5.89. The normalized spacial score (nSPS) is 25.3. The van der Waals surface area contributed by atoms with Gasteiger partial charge in [-0.05, 0) is 69.3 Å². The van der Waals surface area contributed by atoms with Crippen LogP contribution in [0.5, 0.6) is 0 Å². The van der Waals surface area contributed by atoms with Crippen LogP contribution in [0.2, 0.25) is 0 Å². The molecule has 2 atom stereocenters. The summed E-state index contributed by atoms with van der Waals surface area (Å²) >= 11 is 0. The molecule has 2 aliphatic rings. The smallest absolute Gasteiger partial charge is 0.303 e. The monoisotopic (exact) mass is 394 g/mol. The number of carboxylic acid groups (broad SMARTS) is 1. The molecule has 3 rings (SSSR count). The molecule has 0 aliphatic carbocycles. The van der Waals surface area contributed by atoms with E-state index in [9.17, 15) is 18.3 Å². The minimum absolute atomic E-state index is 0.0505. The van der Waals surface area contributed by atoms with Gasteiger partial charge in [0.2, 0.25) is 10.0 Å². The van der Waals surface area contributed by atoms with Crippen molar-refractivity contribution in [3.05, 3.63) is 30.3 Å². The summed E-state index contributed by atoms with van der Waals surface area (Å²) in [4.78, 5) is 14.0. The molecular formula is C20H30N2O4S. The SMILES string of the molecule is O=C(O)CC1CCN(S(=O)(=O)c2ccccc2)CC1CCN1CCCCC1. The second kappa shape index (κ2) is 9.17. The topological polar surface area (TPSA) is 77.9 Å². The van der Waals surface area contributed by atoms with E-state index >= 15 is 0 Å². The van der Waals surface area contributed by atoms with E-state index in [-0.39, 0.29) is 18.3 Å². The zero-order chi connectivity index (χ0) is 19.3. The van der Waals surface area contributed by atoms with Crippen LogP contribution >= 0.6 is 0 Å². The zero-order valence-corrected chi connectivity index (χ0v) is 16.6. The van der Waals surface area contributed by atoms with Crippen molar-refractivity contribution in [2.45, 2.75) is 43.4 Å². The number of likely N-dealkylation sites (tertiary alicyclic amines) is 1. The molecular weight excluding hydrogens is 364 g/mol. The number of carbonyl (C=O) groups is 1. The van der Waals surface area contributed by atoms with Crippen LogP contribution in [0.25, 0.3) is 0 Å². The summed E-state index contributed by atoms with van der Waals surface area (Å²) in [5, 5.41) is 9.26. The van der Waals surface area contributed by atoms with E-state index in [0.717, 1.165) is 26.1 Å². The molecule has 2 fully saturated rings. The molecule has 1 aromatic carbocycles. The average molecular weight is 395 g/mol. The highest BCUT2D eigenvalue weighted by Gasteiger charge is 2.36. The Hall–Kier alpha value is -1.44. The summed E-state index contributed by atoms with van der Waals surface area (Å²) in [7, 11) is -3.52.